The zero-order chi connectivity index (χ0) is 18.1. The fourth-order valence-corrected chi connectivity index (χ4v) is 3.81. The molecule has 0 N–H and O–H groups in total. The van der Waals surface area contributed by atoms with Crippen molar-refractivity contribution < 1.29 is 4.42 Å². The Balaban J connectivity index is 1.35. The number of para-hydroxylation sites is 1. The number of aromatic nitrogens is 5. The summed E-state index contributed by atoms with van der Waals surface area (Å²) in [4.78, 5) is 17.6. The molecule has 132 valence electrons. The van der Waals surface area contributed by atoms with E-state index in [9.17, 15) is 0 Å². The average Bonchev–Trinajstić information content (AvgIpc) is 3.45. The van der Waals surface area contributed by atoms with Crippen LogP contribution in [0.5, 0.6) is 0 Å². The molecule has 0 bridgehead atoms. The second-order valence-electron chi connectivity index (χ2n) is 6.08. The Morgan fingerprint density at radius 1 is 1.07 bits per heavy atom. The zero-order valence-corrected chi connectivity index (χ0v) is 15.1. The van der Waals surface area contributed by atoms with Gasteiger partial charge in [-0.3, -0.25) is 9.97 Å². The quantitative estimate of drug-likeness (QED) is 0.455. The predicted octanol–water partition coefficient (Wildman–Crippen LogP) is 4.45. The molecule has 0 amide bonds. The second-order valence-corrected chi connectivity index (χ2v) is 6.94. The topological polar surface area (TPSA) is 69.6 Å². The van der Waals surface area contributed by atoms with Crippen molar-refractivity contribution in [3.05, 3.63) is 72.4 Å². The molecule has 0 unspecified atom stereocenters. The summed E-state index contributed by atoms with van der Waals surface area (Å²) in [6, 6.07) is 10.0. The molecule has 27 heavy (non-hydrogen) atoms. The first kappa shape index (κ1) is 15.9. The lowest BCUT2D eigenvalue weighted by Crippen LogP contribution is -2.02. The maximum Gasteiger partial charge on any atom is 0.176 e. The highest BCUT2D eigenvalue weighted by molar-refractivity contribution is 7.13. The van der Waals surface area contributed by atoms with Crippen LogP contribution >= 0.6 is 11.3 Å². The number of imidazole rings is 1. The third kappa shape index (κ3) is 3.13. The summed E-state index contributed by atoms with van der Waals surface area (Å²) in [5.74, 6) is 1.61. The van der Waals surface area contributed by atoms with Crippen molar-refractivity contribution in [2.75, 3.05) is 0 Å². The van der Waals surface area contributed by atoms with E-state index in [0.29, 0.717) is 0 Å². The number of hydrogen-bond acceptors (Lipinski definition) is 6. The van der Waals surface area contributed by atoms with Gasteiger partial charge in [0.2, 0.25) is 0 Å². The molecular weight excluding hydrogens is 358 g/mol. The van der Waals surface area contributed by atoms with E-state index in [1.54, 1.807) is 36.1 Å². The molecule has 4 heterocycles. The van der Waals surface area contributed by atoms with Gasteiger partial charge in [0.1, 0.15) is 16.3 Å². The molecule has 0 atom stereocenters. The van der Waals surface area contributed by atoms with E-state index in [2.05, 4.69) is 29.9 Å². The van der Waals surface area contributed by atoms with Crippen LogP contribution in [0.4, 0.5) is 0 Å². The van der Waals surface area contributed by atoms with Gasteiger partial charge in [0, 0.05) is 48.5 Å². The molecule has 1 aromatic carbocycles. The summed E-state index contributed by atoms with van der Waals surface area (Å²) in [6.45, 7) is 0.774. The SMILES string of the molecule is c1ccc2oc(-c3nccn3CCc3csc(-c4cnccn4)n3)cc2c1. The molecule has 0 spiro atoms. The smallest absolute Gasteiger partial charge is 0.176 e. The van der Waals surface area contributed by atoms with E-state index in [4.69, 9.17) is 4.42 Å². The molecule has 7 heteroatoms. The number of rotatable bonds is 5. The molecule has 0 aliphatic carbocycles. The monoisotopic (exact) mass is 373 g/mol. The number of benzene rings is 1. The molecule has 0 saturated carbocycles. The fraction of sp³-hybridized carbons (Fsp3) is 0.100. The molecule has 5 aromatic rings. The fourth-order valence-electron chi connectivity index (χ4n) is 2.99. The van der Waals surface area contributed by atoms with Crippen LogP contribution in [-0.2, 0) is 13.0 Å². The van der Waals surface area contributed by atoms with Crippen molar-refractivity contribution in [3.8, 4) is 22.3 Å². The summed E-state index contributed by atoms with van der Waals surface area (Å²) in [7, 11) is 0. The van der Waals surface area contributed by atoms with Gasteiger partial charge in [0.05, 0.1) is 11.9 Å². The number of nitrogens with zero attached hydrogens (tertiary/aromatic N) is 5. The number of fused-ring (bicyclic) bond motifs is 1. The van der Waals surface area contributed by atoms with Crippen molar-refractivity contribution in [1.82, 2.24) is 24.5 Å². The van der Waals surface area contributed by atoms with Gasteiger partial charge in [-0.2, -0.15) is 0 Å². The molecule has 6 nitrogen and oxygen atoms in total. The summed E-state index contributed by atoms with van der Waals surface area (Å²) >= 11 is 1.59. The number of thiazole rings is 1. The molecule has 0 radical (unpaired) electrons. The van der Waals surface area contributed by atoms with Gasteiger partial charge in [-0.05, 0) is 12.1 Å². The van der Waals surface area contributed by atoms with E-state index >= 15 is 0 Å². The molecule has 0 fully saturated rings. The van der Waals surface area contributed by atoms with E-state index in [1.807, 2.05) is 36.5 Å². The maximum absolute atomic E-state index is 5.95. The van der Waals surface area contributed by atoms with Gasteiger partial charge in [-0.1, -0.05) is 18.2 Å². The van der Waals surface area contributed by atoms with Crippen molar-refractivity contribution >= 4 is 22.3 Å². The minimum atomic E-state index is 0.774. The molecular formula is C20H15N5OS. The van der Waals surface area contributed by atoms with Gasteiger partial charge in [-0.25, -0.2) is 9.97 Å². The Bertz CT molecular complexity index is 1160. The van der Waals surface area contributed by atoms with Crippen molar-refractivity contribution in [2.45, 2.75) is 13.0 Å². The van der Waals surface area contributed by atoms with Crippen molar-refractivity contribution in [3.63, 3.8) is 0 Å². The van der Waals surface area contributed by atoms with Crippen molar-refractivity contribution in [2.24, 2.45) is 0 Å². The van der Waals surface area contributed by atoms with Gasteiger partial charge in [0.15, 0.2) is 11.6 Å². The minimum Gasteiger partial charge on any atom is -0.453 e. The molecule has 4 aromatic heterocycles. The first-order chi connectivity index (χ1) is 13.4. The Hall–Kier alpha value is -3.32. The molecule has 0 aliphatic heterocycles. The van der Waals surface area contributed by atoms with Gasteiger partial charge in [0.25, 0.3) is 0 Å². The summed E-state index contributed by atoms with van der Waals surface area (Å²) < 4.78 is 8.05. The van der Waals surface area contributed by atoms with Crippen LogP contribution in [0.2, 0.25) is 0 Å². The molecule has 0 saturated heterocycles. The molecule has 0 aliphatic rings. The lowest BCUT2D eigenvalue weighted by atomic mass is 10.2. The van der Waals surface area contributed by atoms with Crippen LogP contribution in [-0.4, -0.2) is 24.5 Å². The second kappa shape index (κ2) is 6.77. The Labute approximate surface area is 159 Å². The van der Waals surface area contributed by atoms with Crippen LogP contribution in [0.15, 0.2) is 71.1 Å². The highest BCUT2D eigenvalue weighted by Gasteiger charge is 2.12. The number of aryl methyl sites for hydroxylation is 2. The maximum atomic E-state index is 5.95. The standard InChI is InChI=1S/C20H15N5OS/c1-2-4-17-14(3-1)11-18(26-17)19-23-8-10-25(19)9-5-15-13-27-20(24-15)16-12-21-6-7-22-16/h1-4,6-8,10-13H,5,9H2. The van der Waals surface area contributed by atoms with E-state index in [1.165, 1.54) is 0 Å². The first-order valence-corrected chi connectivity index (χ1v) is 9.46. The third-order valence-electron chi connectivity index (χ3n) is 4.30. The van der Waals surface area contributed by atoms with E-state index in [0.717, 1.165) is 51.9 Å². The Morgan fingerprint density at radius 3 is 2.93 bits per heavy atom. The lowest BCUT2D eigenvalue weighted by Gasteiger charge is -2.04. The predicted molar refractivity (Wildman–Crippen MR) is 104 cm³/mol. The largest absolute Gasteiger partial charge is 0.453 e. The minimum absolute atomic E-state index is 0.774. The lowest BCUT2D eigenvalue weighted by molar-refractivity contribution is 0.608. The molecule has 5 rings (SSSR count). The summed E-state index contributed by atoms with van der Waals surface area (Å²) in [5, 5.41) is 4.04. The summed E-state index contributed by atoms with van der Waals surface area (Å²) in [5.41, 5.74) is 2.71. The first-order valence-electron chi connectivity index (χ1n) is 8.58. The summed E-state index contributed by atoms with van der Waals surface area (Å²) in [6.07, 6.45) is 9.66. The number of hydrogen-bond donors (Lipinski definition) is 0. The zero-order valence-electron chi connectivity index (χ0n) is 14.3. The van der Waals surface area contributed by atoms with Gasteiger partial charge >= 0.3 is 0 Å². The highest BCUT2D eigenvalue weighted by Crippen LogP contribution is 2.27. The number of furan rings is 1. The van der Waals surface area contributed by atoms with Crippen LogP contribution in [0.1, 0.15) is 5.69 Å². The van der Waals surface area contributed by atoms with E-state index < -0.39 is 0 Å². The van der Waals surface area contributed by atoms with Crippen LogP contribution in [0.3, 0.4) is 0 Å². The third-order valence-corrected chi connectivity index (χ3v) is 5.22. The Morgan fingerprint density at radius 2 is 2.04 bits per heavy atom. The van der Waals surface area contributed by atoms with Crippen LogP contribution in [0.25, 0.3) is 33.3 Å². The normalized spacial score (nSPS) is 11.3. The highest BCUT2D eigenvalue weighted by atomic mass is 32.1. The van der Waals surface area contributed by atoms with Crippen LogP contribution in [0, 0.1) is 0 Å². The average molecular weight is 373 g/mol. The van der Waals surface area contributed by atoms with Crippen molar-refractivity contribution in [1.29, 1.82) is 0 Å². The van der Waals surface area contributed by atoms with E-state index in [-0.39, 0.29) is 0 Å². The van der Waals surface area contributed by atoms with Gasteiger partial charge in [-0.15, -0.1) is 11.3 Å². The van der Waals surface area contributed by atoms with Crippen LogP contribution < -0.4 is 0 Å². The Kier molecular flexibility index (Phi) is 3.99. The van der Waals surface area contributed by atoms with Gasteiger partial charge < -0.3 is 8.98 Å².